The molecule has 1 saturated carbocycles. The van der Waals surface area contributed by atoms with E-state index in [0.29, 0.717) is 17.8 Å². The fourth-order valence-electron chi connectivity index (χ4n) is 4.18. The quantitative estimate of drug-likeness (QED) is 0.830. The van der Waals surface area contributed by atoms with Crippen molar-refractivity contribution in [2.45, 2.75) is 38.1 Å². The van der Waals surface area contributed by atoms with E-state index in [9.17, 15) is 9.90 Å². The van der Waals surface area contributed by atoms with Crippen molar-refractivity contribution in [1.82, 2.24) is 4.90 Å². The third-order valence-electron chi connectivity index (χ3n) is 5.07. The topological polar surface area (TPSA) is 49.8 Å². The third kappa shape index (κ3) is 2.28. The summed E-state index contributed by atoms with van der Waals surface area (Å²) in [5.74, 6) is 1.10. The fraction of sp³-hybridized carbons (Fsp3) is 0.929. The number of carboxylic acid groups (broad SMARTS) is 1. The lowest BCUT2D eigenvalue weighted by Crippen LogP contribution is -2.42. The van der Waals surface area contributed by atoms with Crippen LogP contribution in [0.2, 0.25) is 0 Å². The minimum absolute atomic E-state index is 0.208. The van der Waals surface area contributed by atoms with Crippen molar-refractivity contribution in [3.05, 3.63) is 0 Å². The summed E-state index contributed by atoms with van der Waals surface area (Å²) < 4.78 is 5.38. The molecule has 0 aromatic carbocycles. The van der Waals surface area contributed by atoms with E-state index in [1.165, 1.54) is 12.8 Å². The van der Waals surface area contributed by atoms with Crippen molar-refractivity contribution >= 4 is 5.97 Å². The third-order valence-corrected chi connectivity index (χ3v) is 5.07. The van der Waals surface area contributed by atoms with Crippen LogP contribution in [-0.4, -0.2) is 48.3 Å². The second kappa shape index (κ2) is 5.17. The molecule has 0 aromatic heterocycles. The molecule has 1 aliphatic carbocycles. The molecule has 2 aliphatic heterocycles. The zero-order valence-electron chi connectivity index (χ0n) is 10.9. The van der Waals surface area contributed by atoms with E-state index >= 15 is 0 Å². The Morgan fingerprint density at radius 1 is 1.22 bits per heavy atom. The maximum absolute atomic E-state index is 11.5. The van der Waals surface area contributed by atoms with Crippen LogP contribution in [0.15, 0.2) is 0 Å². The molecule has 0 spiro atoms. The molecule has 3 fully saturated rings. The summed E-state index contributed by atoms with van der Waals surface area (Å²) in [6.45, 7) is 3.68. The molecule has 4 nitrogen and oxygen atoms in total. The second-order valence-electron chi connectivity index (χ2n) is 6.15. The molecular weight excluding hydrogens is 230 g/mol. The van der Waals surface area contributed by atoms with Crippen LogP contribution in [0.4, 0.5) is 0 Å². The van der Waals surface area contributed by atoms with Crippen molar-refractivity contribution in [3.8, 4) is 0 Å². The Morgan fingerprint density at radius 2 is 2.00 bits per heavy atom. The van der Waals surface area contributed by atoms with E-state index in [1.807, 2.05) is 0 Å². The van der Waals surface area contributed by atoms with Crippen LogP contribution in [0.25, 0.3) is 0 Å². The summed E-state index contributed by atoms with van der Waals surface area (Å²) in [6.07, 6.45) is 5.77. The summed E-state index contributed by atoms with van der Waals surface area (Å²) in [6, 6.07) is -0.208. The Kier molecular flexibility index (Phi) is 3.57. The summed E-state index contributed by atoms with van der Waals surface area (Å²) >= 11 is 0. The van der Waals surface area contributed by atoms with Gasteiger partial charge in [0, 0.05) is 26.3 Å². The molecule has 3 rings (SSSR count). The average molecular weight is 253 g/mol. The lowest BCUT2D eigenvalue weighted by molar-refractivity contribution is -0.143. The smallest absolute Gasteiger partial charge is 0.321 e. The van der Waals surface area contributed by atoms with Crippen LogP contribution < -0.4 is 0 Å². The number of aliphatic carboxylic acids is 1. The summed E-state index contributed by atoms with van der Waals surface area (Å²) in [7, 11) is 0. The number of carboxylic acids is 1. The summed E-state index contributed by atoms with van der Waals surface area (Å²) in [4.78, 5) is 13.8. The Labute approximate surface area is 108 Å². The minimum Gasteiger partial charge on any atom is -0.480 e. The van der Waals surface area contributed by atoms with Gasteiger partial charge in [0.15, 0.2) is 0 Å². The number of likely N-dealkylation sites (tertiary alicyclic amines) is 1. The molecular formula is C14H23NO3. The first kappa shape index (κ1) is 12.4. The van der Waals surface area contributed by atoms with Crippen molar-refractivity contribution < 1.29 is 14.6 Å². The van der Waals surface area contributed by atoms with E-state index in [4.69, 9.17) is 4.74 Å². The number of nitrogens with zero attached hydrogens (tertiary/aromatic N) is 1. The predicted octanol–water partition coefficient (Wildman–Crippen LogP) is 1.60. The maximum atomic E-state index is 11.5. The van der Waals surface area contributed by atoms with Gasteiger partial charge in [-0.05, 0) is 43.4 Å². The average Bonchev–Trinajstić information content (AvgIpc) is 2.89. The first-order valence-corrected chi connectivity index (χ1v) is 7.30. The van der Waals surface area contributed by atoms with E-state index in [1.54, 1.807) is 0 Å². The van der Waals surface area contributed by atoms with Crippen LogP contribution in [0.3, 0.4) is 0 Å². The van der Waals surface area contributed by atoms with Crippen molar-refractivity contribution in [2.24, 2.45) is 17.8 Å². The van der Waals surface area contributed by atoms with Gasteiger partial charge in [-0.1, -0.05) is 6.42 Å². The maximum Gasteiger partial charge on any atom is 0.321 e. The van der Waals surface area contributed by atoms with Gasteiger partial charge in [-0.3, -0.25) is 9.69 Å². The van der Waals surface area contributed by atoms with Gasteiger partial charge >= 0.3 is 5.97 Å². The van der Waals surface area contributed by atoms with Crippen LogP contribution in [0.5, 0.6) is 0 Å². The molecule has 0 bridgehead atoms. The Morgan fingerprint density at radius 3 is 2.72 bits per heavy atom. The van der Waals surface area contributed by atoms with E-state index in [2.05, 4.69) is 4.90 Å². The molecule has 3 aliphatic rings. The lowest BCUT2D eigenvalue weighted by atomic mass is 9.94. The number of rotatable bonds is 3. The number of carbonyl (C=O) groups is 1. The molecule has 102 valence electrons. The van der Waals surface area contributed by atoms with Crippen molar-refractivity contribution in [3.63, 3.8) is 0 Å². The van der Waals surface area contributed by atoms with Gasteiger partial charge in [0.05, 0.1) is 0 Å². The largest absolute Gasteiger partial charge is 0.480 e. The monoisotopic (exact) mass is 253 g/mol. The fourth-order valence-corrected chi connectivity index (χ4v) is 4.18. The van der Waals surface area contributed by atoms with Crippen LogP contribution in [0, 0.1) is 17.8 Å². The van der Waals surface area contributed by atoms with Crippen LogP contribution >= 0.6 is 0 Å². The van der Waals surface area contributed by atoms with Gasteiger partial charge < -0.3 is 9.84 Å². The first-order valence-electron chi connectivity index (χ1n) is 7.30. The lowest BCUT2D eigenvalue weighted by Gasteiger charge is -2.30. The van der Waals surface area contributed by atoms with Crippen molar-refractivity contribution in [2.75, 3.05) is 26.3 Å². The molecule has 2 saturated heterocycles. The molecule has 18 heavy (non-hydrogen) atoms. The molecule has 2 heterocycles. The van der Waals surface area contributed by atoms with E-state index in [-0.39, 0.29) is 6.04 Å². The van der Waals surface area contributed by atoms with Gasteiger partial charge in [-0.15, -0.1) is 0 Å². The molecule has 4 heteroatoms. The summed E-state index contributed by atoms with van der Waals surface area (Å²) in [5.41, 5.74) is 0. The normalized spacial score (nSPS) is 37.9. The zero-order valence-corrected chi connectivity index (χ0v) is 10.9. The van der Waals surface area contributed by atoms with Gasteiger partial charge in [0.2, 0.25) is 0 Å². The van der Waals surface area contributed by atoms with Crippen LogP contribution in [0.1, 0.15) is 32.1 Å². The highest BCUT2D eigenvalue weighted by Gasteiger charge is 2.47. The minimum atomic E-state index is -0.601. The SMILES string of the molecule is O=C(O)C1C2CCCC2CN1CC1CCOCC1. The number of fused-ring (bicyclic) bond motifs is 1. The van der Waals surface area contributed by atoms with Gasteiger partial charge in [0.25, 0.3) is 0 Å². The molecule has 1 N–H and O–H groups in total. The molecule has 3 atom stereocenters. The van der Waals surface area contributed by atoms with E-state index < -0.39 is 5.97 Å². The molecule has 0 aromatic rings. The predicted molar refractivity (Wildman–Crippen MR) is 67.4 cm³/mol. The standard InChI is InChI=1S/C14H23NO3/c16-14(17)13-12-3-1-2-11(12)9-15(13)8-10-4-6-18-7-5-10/h10-13H,1-9H2,(H,16,17). The van der Waals surface area contributed by atoms with Gasteiger partial charge in [-0.25, -0.2) is 0 Å². The number of hydrogen-bond donors (Lipinski definition) is 1. The Balaban J connectivity index is 1.65. The number of ether oxygens (including phenoxy) is 1. The number of hydrogen-bond acceptors (Lipinski definition) is 3. The van der Waals surface area contributed by atoms with Gasteiger partial charge in [-0.2, -0.15) is 0 Å². The van der Waals surface area contributed by atoms with Crippen molar-refractivity contribution in [1.29, 1.82) is 0 Å². The first-order chi connectivity index (χ1) is 8.75. The zero-order chi connectivity index (χ0) is 12.5. The molecule has 0 amide bonds. The van der Waals surface area contributed by atoms with Crippen LogP contribution in [-0.2, 0) is 9.53 Å². The Bertz CT molecular complexity index is 314. The highest BCUT2D eigenvalue weighted by molar-refractivity contribution is 5.74. The molecule has 0 radical (unpaired) electrons. The highest BCUT2D eigenvalue weighted by Crippen LogP contribution is 2.42. The Hall–Kier alpha value is -0.610. The van der Waals surface area contributed by atoms with E-state index in [0.717, 1.165) is 45.6 Å². The summed E-state index contributed by atoms with van der Waals surface area (Å²) in [5, 5.41) is 9.49. The molecule has 3 unspecified atom stereocenters. The highest BCUT2D eigenvalue weighted by atomic mass is 16.5. The van der Waals surface area contributed by atoms with Gasteiger partial charge in [0.1, 0.15) is 6.04 Å². The second-order valence-corrected chi connectivity index (χ2v) is 6.15.